The molecule has 0 aliphatic rings. The van der Waals surface area contributed by atoms with Gasteiger partial charge in [-0.15, -0.1) is 0 Å². The first-order valence-corrected chi connectivity index (χ1v) is 9.27. The predicted molar refractivity (Wildman–Crippen MR) is 102 cm³/mol. The summed E-state index contributed by atoms with van der Waals surface area (Å²) in [5.41, 5.74) is 0.868. The summed E-state index contributed by atoms with van der Waals surface area (Å²) in [6.45, 7) is 1.43. The Morgan fingerprint density at radius 2 is 1.57 bits per heavy atom. The second kappa shape index (κ2) is 11.8. The third-order valence-electron chi connectivity index (χ3n) is 3.74. The van der Waals surface area contributed by atoms with Gasteiger partial charge >= 0.3 is 18.1 Å². The highest BCUT2D eigenvalue weighted by Gasteiger charge is 2.42. The zero-order valence-electron chi connectivity index (χ0n) is 16.1. The summed E-state index contributed by atoms with van der Waals surface area (Å²) in [6.07, 6.45) is -4.84. The van der Waals surface area contributed by atoms with E-state index in [9.17, 15) is 22.8 Å². The molecular weight excluding hydrogens is 403 g/mol. The maximum Gasteiger partial charge on any atom is 0.491 e. The van der Waals surface area contributed by atoms with Crippen LogP contribution in [0.5, 0.6) is 11.5 Å². The van der Waals surface area contributed by atoms with Crippen LogP contribution in [0.25, 0.3) is 0 Å². The average Bonchev–Trinajstić information content (AvgIpc) is 2.71. The Labute approximate surface area is 171 Å². The fourth-order valence-corrected chi connectivity index (χ4v) is 2.34. The van der Waals surface area contributed by atoms with Crippen molar-refractivity contribution in [1.82, 2.24) is 5.32 Å². The molecule has 0 spiro atoms. The van der Waals surface area contributed by atoms with Crippen molar-refractivity contribution in [3.8, 4) is 11.5 Å². The molecule has 162 valence electrons. The van der Waals surface area contributed by atoms with E-state index < -0.39 is 18.1 Å². The van der Waals surface area contributed by atoms with E-state index in [0.717, 1.165) is 11.3 Å². The number of alkyl halides is 3. The van der Waals surface area contributed by atoms with Gasteiger partial charge in [-0.25, -0.2) is 4.79 Å². The van der Waals surface area contributed by atoms with E-state index in [0.29, 0.717) is 31.9 Å². The highest BCUT2D eigenvalue weighted by molar-refractivity contribution is 5.88. The Balaban J connectivity index is 1.61. The standard InChI is InChI=1S/C21H22F3NO5/c22-21(23,24)20(27)30-19(26)10-11-25-15-16-6-4-9-18(14-16)29-13-5-12-28-17-7-2-1-3-8-17/h1-4,6-9,14,25H,5,10-13,15H2. The smallest absolute Gasteiger partial charge is 0.491 e. The van der Waals surface area contributed by atoms with Gasteiger partial charge in [-0.2, -0.15) is 13.2 Å². The normalized spacial score (nSPS) is 11.0. The maximum absolute atomic E-state index is 12.0. The van der Waals surface area contributed by atoms with Crippen molar-refractivity contribution in [2.45, 2.75) is 25.6 Å². The lowest BCUT2D eigenvalue weighted by molar-refractivity contribution is -0.201. The topological polar surface area (TPSA) is 73.9 Å². The first kappa shape index (κ1) is 23.2. The third kappa shape index (κ3) is 8.95. The highest BCUT2D eigenvalue weighted by atomic mass is 19.4. The first-order chi connectivity index (χ1) is 14.3. The molecule has 0 saturated carbocycles. The second-order valence-corrected chi connectivity index (χ2v) is 6.20. The van der Waals surface area contributed by atoms with Gasteiger partial charge in [0.15, 0.2) is 0 Å². The molecule has 0 heterocycles. The van der Waals surface area contributed by atoms with Crippen LogP contribution in [0.2, 0.25) is 0 Å². The minimum Gasteiger partial charge on any atom is -0.493 e. The van der Waals surface area contributed by atoms with Gasteiger partial charge in [0.2, 0.25) is 0 Å². The van der Waals surface area contributed by atoms with Crippen molar-refractivity contribution in [1.29, 1.82) is 0 Å². The Morgan fingerprint density at radius 1 is 0.900 bits per heavy atom. The average molecular weight is 425 g/mol. The van der Waals surface area contributed by atoms with E-state index in [1.165, 1.54) is 0 Å². The Hall–Kier alpha value is -3.07. The molecule has 0 amide bonds. The van der Waals surface area contributed by atoms with Crippen molar-refractivity contribution in [2.24, 2.45) is 0 Å². The molecule has 0 radical (unpaired) electrons. The van der Waals surface area contributed by atoms with Crippen LogP contribution >= 0.6 is 0 Å². The molecule has 2 aromatic carbocycles. The van der Waals surface area contributed by atoms with E-state index in [-0.39, 0.29) is 13.0 Å². The summed E-state index contributed by atoms with van der Waals surface area (Å²) in [4.78, 5) is 21.8. The van der Waals surface area contributed by atoms with Crippen molar-refractivity contribution < 1.29 is 37.0 Å². The van der Waals surface area contributed by atoms with Gasteiger partial charge in [-0.3, -0.25) is 4.79 Å². The number of benzene rings is 2. The number of halogens is 3. The Kier molecular flexibility index (Phi) is 9.14. The quantitative estimate of drug-likeness (QED) is 0.337. The molecule has 0 atom stereocenters. The fourth-order valence-electron chi connectivity index (χ4n) is 2.34. The van der Waals surface area contributed by atoms with Crippen molar-refractivity contribution in [3.63, 3.8) is 0 Å². The number of esters is 2. The molecule has 6 nitrogen and oxygen atoms in total. The molecule has 0 aliphatic carbocycles. The number of hydrogen-bond donors (Lipinski definition) is 1. The van der Waals surface area contributed by atoms with Gasteiger partial charge in [0.05, 0.1) is 19.6 Å². The lowest BCUT2D eigenvalue weighted by Gasteiger charge is -2.10. The summed E-state index contributed by atoms with van der Waals surface area (Å²) >= 11 is 0. The lowest BCUT2D eigenvalue weighted by Crippen LogP contribution is -2.29. The van der Waals surface area contributed by atoms with Crippen molar-refractivity contribution in [3.05, 3.63) is 60.2 Å². The summed E-state index contributed by atoms with van der Waals surface area (Å²) in [7, 11) is 0. The van der Waals surface area contributed by atoms with E-state index >= 15 is 0 Å². The van der Waals surface area contributed by atoms with Gasteiger partial charge < -0.3 is 19.5 Å². The van der Waals surface area contributed by atoms with Crippen molar-refractivity contribution >= 4 is 11.9 Å². The first-order valence-electron chi connectivity index (χ1n) is 9.27. The van der Waals surface area contributed by atoms with Crippen LogP contribution in [-0.2, 0) is 20.9 Å². The molecule has 1 N–H and O–H groups in total. The van der Waals surface area contributed by atoms with Crippen LogP contribution in [0.3, 0.4) is 0 Å². The molecule has 0 fully saturated rings. The zero-order valence-corrected chi connectivity index (χ0v) is 16.1. The minimum absolute atomic E-state index is 0.0614. The predicted octanol–water partition coefficient (Wildman–Crippen LogP) is 3.65. The van der Waals surface area contributed by atoms with E-state index in [2.05, 4.69) is 10.1 Å². The highest BCUT2D eigenvalue weighted by Crippen LogP contribution is 2.17. The van der Waals surface area contributed by atoms with Crippen LogP contribution in [0, 0.1) is 0 Å². The van der Waals surface area contributed by atoms with Gasteiger partial charge in [-0.05, 0) is 29.8 Å². The lowest BCUT2D eigenvalue weighted by atomic mass is 10.2. The van der Waals surface area contributed by atoms with E-state index in [1.54, 1.807) is 0 Å². The van der Waals surface area contributed by atoms with Gasteiger partial charge in [0.25, 0.3) is 0 Å². The molecule has 0 aliphatic heterocycles. The SMILES string of the molecule is O=C(CCNCc1cccc(OCCCOc2ccccc2)c1)OC(=O)C(F)(F)F. The second-order valence-electron chi connectivity index (χ2n) is 6.20. The Morgan fingerprint density at radius 3 is 2.27 bits per heavy atom. The fraction of sp³-hybridized carbons (Fsp3) is 0.333. The minimum atomic E-state index is -5.18. The molecule has 30 heavy (non-hydrogen) atoms. The monoisotopic (exact) mass is 425 g/mol. The number of rotatable bonds is 11. The zero-order chi connectivity index (χ0) is 21.8. The summed E-state index contributed by atoms with van der Waals surface area (Å²) in [5.74, 6) is -2.27. The molecule has 0 saturated heterocycles. The summed E-state index contributed by atoms with van der Waals surface area (Å²) in [5, 5.41) is 2.90. The number of nitrogens with one attached hydrogen (secondary N) is 1. The third-order valence-corrected chi connectivity index (χ3v) is 3.74. The largest absolute Gasteiger partial charge is 0.493 e. The number of ether oxygens (including phenoxy) is 3. The number of carbonyl (C=O) groups is 2. The molecule has 9 heteroatoms. The summed E-state index contributed by atoms with van der Waals surface area (Å²) < 4.78 is 51.0. The van der Waals surface area contributed by atoms with Crippen LogP contribution in [0.1, 0.15) is 18.4 Å². The number of para-hydroxylation sites is 1. The van der Waals surface area contributed by atoms with E-state index in [1.807, 2.05) is 54.6 Å². The van der Waals surface area contributed by atoms with Crippen LogP contribution in [0.4, 0.5) is 13.2 Å². The van der Waals surface area contributed by atoms with Gasteiger partial charge in [-0.1, -0.05) is 30.3 Å². The molecule has 0 aromatic heterocycles. The van der Waals surface area contributed by atoms with Gasteiger partial charge in [0, 0.05) is 19.5 Å². The van der Waals surface area contributed by atoms with Gasteiger partial charge in [0.1, 0.15) is 11.5 Å². The number of carbonyl (C=O) groups excluding carboxylic acids is 2. The maximum atomic E-state index is 12.0. The summed E-state index contributed by atoms with van der Waals surface area (Å²) in [6, 6.07) is 16.7. The van der Waals surface area contributed by atoms with Crippen LogP contribution in [0.15, 0.2) is 54.6 Å². The molecule has 2 rings (SSSR count). The molecule has 0 bridgehead atoms. The molecule has 0 unspecified atom stereocenters. The van der Waals surface area contributed by atoms with E-state index in [4.69, 9.17) is 9.47 Å². The van der Waals surface area contributed by atoms with Crippen LogP contribution in [-0.4, -0.2) is 37.9 Å². The molecular formula is C21H22F3NO5. The molecule has 2 aromatic rings. The van der Waals surface area contributed by atoms with Crippen LogP contribution < -0.4 is 14.8 Å². The Bertz CT molecular complexity index is 812. The number of hydrogen-bond acceptors (Lipinski definition) is 6. The van der Waals surface area contributed by atoms with Crippen molar-refractivity contribution in [2.75, 3.05) is 19.8 Å².